The van der Waals surface area contributed by atoms with Gasteiger partial charge in [-0.25, -0.2) is 14.6 Å². The molecule has 8 heteroatoms. The van der Waals surface area contributed by atoms with E-state index in [1.807, 2.05) is 36.4 Å². The first-order valence-corrected chi connectivity index (χ1v) is 9.53. The lowest BCUT2D eigenvalue weighted by atomic mass is 10.2. The summed E-state index contributed by atoms with van der Waals surface area (Å²) in [7, 11) is 0. The SMILES string of the molecule is O=C(/C=C/c1ccc(-c2ccc(Cl)cc2)s1)Nc1cccnc1-n1cncn1. The molecular weight excluding hydrogens is 394 g/mol. The van der Waals surface area contributed by atoms with Gasteiger partial charge < -0.3 is 5.32 Å². The Kier molecular flexibility index (Phi) is 5.27. The van der Waals surface area contributed by atoms with E-state index in [0.29, 0.717) is 16.5 Å². The molecule has 0 saturated carbocycles. The van der Waals surface area contributed by atoms with Gasteiger partial charge in [0.15, 0.2) is 5.82 Å². The summed E-state index contributed by atoms with van der Waals surface area (Å²) in [6, 6.07) is 15.2. The van der Waals surface area contributed by atoms with E-state index in [-0.39, 0.29) is 5.91 Å². The predicted octanol–water partition coefficient (Wildman–Crippen LogP) is 4.70. The summed E-state index contributed by atoms with van der Waals surface area (Å²) in [4.78, 5) is 22.6. The molecule has 6 nitrogen and oxygen atoms in total. The largest absolute Gasteiger partial charge is 0.319 e. The molecule has 0 atom stereocenters. The lowest BCUT2D eigenvalue weighted by Gasteiger charge is -2.07. The molecule has 1 amide bonds. The maximum absolute atomic E-state index is 12.3. The van der Waals surface area contributed by atoms with Crippen LogP contribution in [0.25, 0.3) is 22.3 Å². The third-order valence-electron chi connectivity index (χ3n) is 3.83. The van der Waals surface area contributed by atoms with Crippen molar-refractivity contribution in [2.45, 2.75) is 0 Å². The van der Waals surface area contributed by atoms with Gasteiger partial charge in [0.2, 0.25) is 5.91 Å². The summed E-state index contributed by atoms with van der Waals surface area (Å²) in [5.41, 5.74) is 1.64. The van der Waals surface area contributed by atoms with E-state index in [1.165, 1.54) is 23.4 Å². The Bertz CT molecular complexity index is 1120. The van der Waals surface area contributed by atoms with Crippen molar-refractivity contribution in [3.05, 3.63) is 83.4 Å². The number of halogens is 1. The van der Waals surface area contributed by atoms with Crippen LogP contribution in [0.15, 0.2) is 73.5 Å². The number of carbonyl (C=O) groups is 1. The standard InChI is InChI=1S/C20H14ClN5OS/c21-15-5-3-14(4-6-15)18-9-7-16(28-18)8-10-19(27)25-17-2-1-11-23-20(17)26-13-22-12-24-26/h1-13H,(H,25,27)/b10-8+. The van der Waals surface area contributed by atoms with Gasteiger partial charge in [-0.1, -0.05) is 23.7 Å². The van der Waals surface area contributed by atoms with Crippen LogP contribution in [0, 0.1) is 0 Å². The maximum atomic E-state index is 12.3. The van der Waals surface area contributed by atoms with Gasteiger partial charge in [-0.15, -0.1) is 11.3 Å². The molecule has 4 aromatic rings. The Hall–Kier alpha value is -3.29. The van der Waals surface area contributed by atoms with Crippen molar-refractivity contribution in [3.63, 3.8) is 0 Å². The van der Waals surface area contributed by atoms with Crippen LogP contribution in [-0.4, -0.2) is 25.7 Å². The number of benzene rings is 1. The second-order valence-electron chi connectivity index (χ2n) is 5.75. The second-order valence-corrected chi connectivity index (χ2v) is 7.30. The molecule has 0 aliphatic rings. The molecule has 3 heterocycles. The normalized spacial score (nSPS) is 11.0. The fourth-order valence-electron chi connectivity index (χ4n) is 2.54. The fraction of sp³-hybridized carbons (Fsp3) is 0. The molecule has 0 aliphatic carbocycles. The van der Waals surface area contributed by atoms with Gasteiger partial charge >= 0.3 is 0 Å². The van der Waals surface area contributed by atoms with Crippen LogP contribution in [0.3, 0.4) is 0 Å². The summed E-state index contributed by atoms with van der Waals surface area (Å²) in [6.45, 7) is 0. The van der Waals surface area contributed by atoms with Crippen LogP contribution < -0.4 is 5.32 Å². The number of anilines is 1. The molecule has 0 bridgehead atoms. The Morgan fingerprint density at radius 3 is 2.79 bits per heavy atom. The second kappa shape index (κ2) is 8.16. The first-order chi connectivity index (χ1) is 13.7. The van der Waals surface area contributed by atoms with Crippen molar-refractivity contribution in [1.82, 2.24) is 19.7 Å². The van der Waals surface area contributed by atoms with Crippen LogP contribution >= 0.6 is 22.9 Å². The van der Waals surface area contributed by atoms with E-state index in [2.05, 4.69) is 20.4 Å². The zero-order valence-electron chi connectivity index (χ0n) is 14.5. The van der Waals surface area contributed by atoms with Gasteiger partial charge in [0.1, 0.15) is 12.7 Å². The van der Waals surface area contributed by atoms with Gasteiger partial charge in [0, 0.05) is 27.0 Å². The van der Waals surface area contributed by atoms with E-state index in [4.69, 9.17) is 11.6 Å². The number of hydrogen-bond acceptors (Lipinski definition) is 5. The van der Waals surface area contributed by atoms with Crippen LogP contribution in [0.2, 0.25) is 5.02 Å². The molecular formula is C20H14ClN5OS. The highest BCUT2D eigenvalue weighted by atomic mass is 35.5. The Balaban J connectivity index is 1.46. The molecule has 4 rings (SSSR count). The number of nitrogens with zero attached hydrogens (tertiary/aromatic N) is 4. The van der Waals surface area contributed by atoms with Gasteiger partial charge in [0.25, 0.3) is 0 Å². The van der Waals surface area contributed by atoms with Crippen LogP contribution in [0.4, 0.5) is 5.69 Å². The first-order valence-electron chi connectivity index (χ1n) is 8.34. The molecule has 1 N–H and O–H groups in total. The quantitative estimate of drug-likeness (QED) is 0.487. The van der Waals surface area contributed by atoms with Gasteiger partial charge in [-0.3, -0.25) is 4.79 Å². The topological polar surface area (TPSA) is 72.7 Å². The predicted molar refractivity (Wildman–Crippen MR) is 112 cm³/mol. The van der Waals surface area contributed by atoms with Crippen molar-refractivity contribution in [2.75, 3.05) is 5.32 Å². The number of hydrogen-bond donors (Lipinski definition) is 1. The van der Waals surface area contributed by atoms with Crippen LogP contribution in [0.1, 0.15) is 4.88 Å². The number of amides is 1. The molecule has 28 heavy (non-hydrogen) atoms. The minimum Gasteiger partial charge on any atom is -0.319 e. The van der Waals surface area contributed by atoms with Crippen molar-refractivity contribution in [2.24, 2.45) is 0 Å². The van der Waals surface area contributed by atoms with E-state index >= 15 is 0 Å². The van der Waals surface area contributed by atoms with Crippen LogP contribution in [-0.2, 0) is 4.79 Å². The summed E-state index contributed by atoms with van der Waals surface area (Å²) >= 11 is 7.53. The summed E-state index contributed by atoms with van der Waals surface area (Å²) in [5, 5.41) is 7.59. The highest BCUT2D eigenvalue weighted by Crippen LogP contribution is 2.29. The first kappa shape index (κ1) is 18.1. The number of thiophene rings is 1. The average molecular weight is 408 g/mol. The molecule has 0 radical (unpaired) electrons. The van der Waals surface area contributed by atoms with Crippen molar-refractivity contribution >= 4 is 40.6 Å². The van der Waals surface area contributed by atoms with Crippen molar-refractivity contribution in [3.8, 4) is 16.3 Å². The summed E-state index contributed by atoms with van der Waals surface area (Å²) < 4.78 is 1.50. The molecule has 138 valence electrons. The zero-order chi connectivity index (χ0) is 19.3. The van der Waals surface area contributed by atoms with Gasteiger partial charge in [-0.2, -0.15) is 5.10 Å². The Labute approximate surface area is 170 Å². The number of aromatic nitrogens is 4. The highest BCUT2D eigenvalue weighted by Gasteiger charge is 2.08. The van der Waals surface area contributed by atoms with Crippen molar-refractivity contribution < 1.29 is 4.79 Å². The number of carbonyl (C=O) groups excluding carboxylic acids is 1. The maximum Gasteiger partial charge on any atom is 0.248 e. The monoisotopic (exact) mass is 407 g/mol. The minimum atomic E-state index is -0.254. The minimum absolute atomic E-state index is 0.254. The number of rotatable bonds is 5. The molecule has 3 aromatic heterocycles. The molecule has 0 unspecified atom stereocenters. The zero-order valence-corrected chi connectivity index (χ0v) is 16.1. The molecule has 0 saturated heterocycles. The average Bonchev–Trinajstić information content (AvgIpc) is 3.40. The molecule has 0 spiro atoms. The van der Waals surface area contributed by atoms with E-state index in [0.717, 1.165) is 15.3 Å². The van der Waals surface area contributed by atoms with Crippen molar-refractivity contribution in [1.29, 1.82) is 0 Å². The van der Waals surface area contributed by atoms with Gasteiger partial charge in [0.05, 0.1) is 5.69 Å². The van der Waals surface area contributed by atoms with E-state index < -0.39 is 0 Å². The van der Waals surface area contributed by atoms with E-state index in [1.54, 1.807) is 35.7 Å². The van der Waals surface area contributed by atoms with Gasteiger partial charge in [-0.05, 0) is 48.0 Å². The third-order valence-corrected chi connectivity index (χ3v) is 5.19. The Morgan fingerprint density at radius 2 is 2.00 bits per heavy atom. The lowest BCUT2D eigenvalue weighted by molar-refractivity contribution is -0.111. The third kappa shape index (κ3) is 4.16. The summed E-state index contributed by atoms with van der Waals surface area (Å²) in [5.74, 6) is 0.249. The number of nitrogens with one attached hydrogen (secondary N) is 1. The molecule has 1 aromatic carbocycles. The Morgan fingerprint density at radius 1 is 1.14 bits per heavy atom. The van der Waals surface area contributed by atoms with E-state index in [9.17, 15) is 4.79 Å². The molecule has 0 aliphatic heterocycles. The highest BCUT2D eigenvalue weighted by molar-refractivity contribution is 7.16. The fourth-order valence-corrected chi connectivity index (χ4v) is 3.58. The molecule has 0 fully saturated rings. The number of pyridine rings is 1. The summed E-state index contributed by atoms with van der Waals surface area (Å²) in [6.07, 6.45) is 7.85. The lowest BCUT2D eigenvalue weighted by Crippen LogP contribution is -2.11. The van der Waals surface area contributed by atoms with Crippen LogP contribution in [0.5, 0.6) is 0 Å². The smallest absolute Gasteiger partial charge is 0.248 e.